The minimum atomic E-state index is -1.17. The molecule has 6 N–H and O–H groups in total. The fourth-order valence-corrected chi connectivity index (χ4v) is 10.1. The molecule has 0 saturated heterocycles. The number of nitrogens with zero attached hydrogens (tertiary/aromatic N) is 2. The Morgan fingerprint density at radius 3 is 1.29 bits per heavy atom. The van der Waals surface area contributed by atoms with Gasteiger partial charge in [0.15, 0.2) is 0 Å². The van der Waals surface area contributed by atoms with Crippen molar-refractivity contribution < 1.29 is 39.0 Å². The lowest BCUT2D eigenvalue weighted by Gasteiger charge is -2.34. The van der Waals surface area contributed by atoms with Crippen molar-refractivity contribution in [1.29, 1.82) is 0 Å². The molecule has 14 nitrogen and oxygen atoms in total. The summed E-state index contributed by atoms with van der Waals surface area (Å²) in [6, 6.07) is 8.17. The molecule has 38 heavy (non-hydrogen) atoms. The predicted molar refractivity (Wildman–Crippen MR) is 140 cm³/mol. The van der Waals surface area contributed by atoms with Gasteiger partial charge in [-0.15, -0.1) is 0 Å². The van der Waals surface area contributed by atoms with Gasteiger partial charge in [-0.25, -0.2) is 0 Å². The molecular formula is C22H30N6O8P2. The lowest BCUT2D eigenvalue weighted by atomic mass is 10.4. The van der Waals surface area contributed by atoms with E-state index in [1.165, 1.54) is 10.6 Å². The van der Waals surface area contributed by atoms with Crippen molar-refractivity contribution in [3.8, 4) is 0 Å². The number of hydrogen-bond donors (Lipinski definition) is 6. The standard InChI is InChI=1S/C22H30N6O8P2/c29-17(25-7-21(33)34)5-23-19(31)9-27-11-37-12-28(10-20(32)24-6-18(30)26-8-22(35)36)14-38(13-27)16-4-2-1-3-15(16)37/h1-4H,5-14H2,(H,23,31)(H,24,32)(H,25,29)(H,26,30)(H,33,34)(H,35,36). The van der Waals surface area contributed by atoms with Gasteiger partial charge in [0.2, 0.25) is 23.6 Å². The van der Waals surface area contributed by atoms with E-state index in [0.29, 0.717) is 25.1 Å². The molecule has 0 saturated carbocycles. The quantitative estimate of drug-likeness (QED) is 0.141. The largest absolute Gasteiger partial charge is 0.480 e. The molecule has 2 heterocycles. The first kappa shape index (κ1) is 29.4. The number of carbonyl (C=O) groups excluding carboxylic acids is 4. The van der Waals surface area contributed by atoms with E-state index >= 15 is 0 Å². The molecule has 0 fully saturated rings. The highest BCUT2D eigenvalue weighted by molar-refractivity contribution is 7.73. The summed E-state index contributed by atoms with van der Waals surface area (Å²) in [5.74, 6) is -4.16. The second-order valence-corrected chi connectivity index (χ2v) is 12.9. The van der Waals surface area contributed by atoms with Crippen molar-refractivity contribution in [2.45, 2.75) is 0 Å². The Labute approximate surface area is 221 Å². The van der Waals surface area contributed by atoms with E-state index in [-0.39, 0.29) is 38.0 Å². The number of benzene rings is 1. The summed E-state index contributed by atoms with van der Waals surface area (Å²) in [6.45, 7) is -1.43. The Balaban J connectivity index is 1.56. The van der Waals surface area contributed by atoms with Gasteiger partial charge in [-0.1, -0.05) is 24.3 Å². The van der Waals surface area contributed by atoms with E-state index in [1.54, 1.807) is 0 Å². The van der Waals surface area contributed by atoms with E-state index in [9.17, 15) is 28.8 Å². The van der Waals surface area contributed by atoms with Gasteiger partial charge in [0.05, 0.1) is 26.2 Å². The number of carboxylic acids is 2. The smallest absolute Gasteiger partial charge is 0.322 e. The Bertz CT molecular complexity index is 995. The lowest BCUT2D eigenvalue weighted by molar-refractivity contribution is -0.138. The van der Waals surface area contributed by atoms with Gasteiger partial charge in [0.25, 0.3) is 0 Å². The maximum atomic E-state index is 12.5. The second kappa shape index (κ2) is 14.1. The zero-order chi connectivity index (χ0) is 27.7. The third-order valence-corrected chi connectivity index (χ3v) is 10.8. The van der Waals surface area contributed by atoms with Crippen molar-refractivity contribution in [3.63, 3.8) is 0 Å². The second-order valence-electron chi connectivity index (χ2n) is 8.69. The minimum absolute atomic E-state index is 0.101. The normalized spacial score (nSPS) is 18.8. The Kier molecular flexibility index (Phi) is 10.9. The van der Waals surface area contributed by atoms with Crippen LogP contribution in [0.25, 0.3) is 0 Å². The van der Waals surface area contributed by atoms with Gasteiger partial charge in [0, 0.05) is 25.1 Å². The van der Waals surface area contributed by atoms with Crippen LogP contribution in [0.4, 0.5) is 0 Å². The number of amides is 4. The molecule has 206 valence electrons. The summed E-state index contributed by atoms with van der Waals surface area (Å²) in [6.07, 6.45) is 2.55. The highest BCUT2D eigenvalue weighted by atomic mass is 31.1. The van der Waals surface area contributed by atoms with Crippen molar-refractivity contribution in [1.82, 2.24) is 31.1 Å². The number of carboxylic acid groups (broad SMARTS) is 2. The number of nitrogens with one attached hydrogen (secondary N) is 4. The molecule has 2 aliphatic rings. The van der Waals surface area contributed by atoms with Crippen LogP contribution >= 0.6 is 15.8 Å². The SMILES string of the molecule is O=C(O)CNC(=O)CNC(=O)CN1CP2CN(CC(=O)NCC(=O)NCC(=O)O)CP(C1)c1ccccc12. The monoisotopic (exact) mass is 568 g/mol. The highest BCUT2D eigenvalue weighted by Gasteiger charge is 2.35. The van der Waals surface area contributed by atoms with E-state index in [4.69, 9.17) is 10.2 Å². The van der Waals surface area contributed by atoms with Crippen LogP contribution < -0.4 is 31.9 Å². The molecule has 0 aliphatic carbocycles. The van der Waals surface area contributed by atoms with Crippen LogP contribution in [0, 0.1) is 0 Å². The molecule has 1 aromatic carbocycles. The first-order valence-electron chi connectivity index (χ1n) is 11.6. The molecule has 0 aromatic heterocycles. The first-order chi connectivity index (χ1) is 18.1. The van der Waals surface area contributed by atoms with Crippen LogP contribution in [0.5, 0.6) is 0 Å². The van der Waals surface area contributed by atoms with Crippen LogP contribution in [0.3, 0.4) is 0 Å². The van der Waals surface area contributed by atoms with Crippen LogP contribution in [-0.2, 0) is 28.8 Å². The van der Waals surface area contributed by atoms with Gasteiger partial charge in [-0.3, -0.25) is 38.6 Å². The van der Waals surface area contributed by atoms with E-state index in [2.05, 4.69) is 43.2 Å². The number of carbonyl (C=O) groups is 6. The van der Waals surface area contributed by atoms with Gasteiger partial charge in [-0.2, -0.15) is 0 Å². The van der Waals surface area contributed by atoms with Crippen LogP contribution in [0.15, 0.2) is 24.3 Å². The average Bonchev–Trinajstić information content (AvgIpc) is 3.08. The Hall–Kier alpha value is -3.18. The third-order valence-electron chi connectivity index (χ3n) is 5.55. The fraction of sp³-hybridized carbons (Fsp3) is 0.455. The summed E-state index contributed by atoms with van der Waals surface area (Å²) >= 11 is 0. The van der Waals surface area contributed by atoms with Gasteiger partial charge >= 0.3 is 11.9 Å². The van der Waals surface area contributed by atoms with Gasteiger partial charge in [0.1, 0.15) is 13.1 Å². The molecule has 0 radical (unpaired) electrons. The zero-order valence-electron chi connectivity index (χ0n) is 20.5. The molecule has 0 spiro atoms. The maximum absolute atomic E-state index is 12.5. The highest BCUT2D eigenvalue weighted by Crippen LogP contribution is 2.50. The summed E-state index contributed by atoms with van der Waals surface area (Å²) in [5, 5.41) is 29.2. The van der Waals surface area contributed by atoms with Crippen molar-refractivity contribution in [2.75, 3.05) is 64.4 Å². The molecule has 4 amide bonds. The number of rotatable bonds is 12. The predicted octanol–water partition coefficient (Wildman–Crippen LogP) is -3.00. The fourth-order valence-electron chi connectivity index (χ4n) is 4.00. The van der Waals surface area contributed by atoms with E-state index < -0.39 is 52.7 Å². The number of hydrogen-bond acceptors (Lipinski definition) is 8. The summed E-state index contributed by atoms with van der Waals surface area (Å²) < 4.78 is 0. The molecular weight excluding hydrogens is 538 g/mol. The zero-order valence-corrected chi connectivity index (χ0v) is 22.3. The summed E-state index contributed by atoms with van der Waals surface area (Å²) in [4.78, 5) is 73.7. The molecule has 2 bridgehead atoms. The molecule has 2 aliphatic heterocycles. The number of aliphatic carboxylic acids is 2. The third kappa shape index (κ3) is 9.29. The maximum Gasteiger partial charge on any atom is 0.322 e. The van der Waals surface area contributed by atoms with Crippen molar-refractivity contribution in [2.24, 2.45) is 0 Å². The summed E-state index contributed by atoms with van der Waals surface area (Å²) in [5.41, 5.74) is 0. The van der Waals surface area contributed by atoms with Crippen LogP contribution in [0.1, 0.15) is 0 Å². The Morgan fingerprint density at radius 1 is 0.605 bits per heavy atom. The lowest BCUT2D eigenvalue weighted by Crippen LogP contribution is -2.45. The Morgan fingerprint density at radius 2 is 0.947 bits per heavy atom. The van der Waals surface area contributed by atoms with Gasteiger partial charge in [-0.05, 0) is 26.5 Å². The minimum Gasteiger partial charge on any atom is -0.480 e. The van der Waals surface area contributed by atoms with Crippen molar-refractivity contribution in [3.05, 3.63) is 24.3 Å². The molecule has 0 unspecified atom stereocenters. The molecule has 0 atom stereocenters. The summed E-state index contributed by atoms with van der Waals surface area (Å²) in [7, 11) is -1.53. The van der Waals surface area contributed by atoms with Crippen LogP contribution in [0.2, 0.25) is 0 Å². The molecule has 3 rings (SSSR count). The van der Waals surface area contributed by atoms with Crippen LogP contribution in [-0.4, -0.2) is 120 Å². The van der Waals surface area contributed by atoms with Gasteiger partial charge < -0.3 is 31.5 Å². The van der Waals surface area contributed by atoms with Crippen molar-refractivity contribution >= 4 is 62.0 Å². The van der Waals surface area contributed by atoms with E-state index in [0.717, 1.165) is 0 Å². The molecule has 1 aromatic rings. The average molecular weight is 568 g/mol. The first-order valence-corrected chi connectivity index (χ1v) is 15.1. The molecule has 16 heteroatoms. The van der Waals surface area contributed by atoms with E-state index in [1.807, 2.05) is 12.1 Å². The topological polar surface area (TPSA) is 197 Å².